The van der Waals surface area contributed by atoms with Crippen LogP contribution in [0, 0.1) is 0 Å². The summed E-state index contributed by atoms with van der Waals surface area (Å²) < 4.78 is 40.1. The summed E-state index contributed by atoms with van der Waals surface area (Å²) in [7, 11) is -3.40. The van der Waals surface area contributed by atoms with Gasteiger partial charge in [-0.3, -0.25) is 9.29 Å². The number of imidazole rings is 1. The Morgan fingerprint density at radius 2 is 1.97 bits per heavy atom. The maximum atomic E-state index is 12.6. The van der Waals surface area contributed by atoms with E-state index < -0.39 is 10.0 Å². The van der Waals surface area contributed by atoms with Crippen molar-refractivity contribution >= 4 is 38.3 Å². The molecule has 0 bridgehead atoms. The van der Waals surface area contributed by atoms with Gasteiger partial charge in [-0.2, -0.15) is 0 Å². The van der Waals surface area contributed by atoms with Crippen LogP contribution in [0.4, 0.5) is 5.69 Å². The largest absolute Gasteiger partial charge is 0.490 e. The molecular weight excluding hydrogens is 516 g/mol. The molecule has 11 heteroatoms. The summed E-state index contributed by atoms with van der Waals surface area (Å²) in [6, 6.07) is 9.13. The number of fused-ring (bicyclic) bond motifs is 2. The lowest BCUT2D eigenvalue weighted by molar-refractivity contribution is 0.130. The number of rotatable bonds is 8. The van der Waals surface area contributed by atoms with Gasteiger partial charge in [0.2, 0.25) is 10.0 Å². The second-order valence-corrected chi connectivity index (χ2v) is 12.8. The highest BCUT2D eigenvalue weighted by Gasteiger charge is 2.33. The van der Waals surface area contributed by atoms with E-state index in [1.54, 1.807) is 12.1 Å². The minimum absolute atomic E-state index is 0.0883. The van der Waals surface area contributed by atoms with Gasteiger partial charge in [-0.05, 0) is 57.4 Å². The van der Waals surface area contributed by atoms with E-state index in [1.807, 2.05) is 36.6 Å². The van der Waals surface area contributed by atoms with Crippen molar-refractivity contribution in [3.8, 4) is 11.5 Å². The first-order chi connectivity index (χ1) is 17.5. The van der Waals surface area contributed by atoms with E-state index >= 15 is 0 Å². The first-order valence-electron chi connectivity index (χ1n) is 12.6. The molecule has 0 saturated carbocycles. The fourth-order valence-electron chi connectivity index (χ4n) is 5.39. The van der Waals surface area contributed by atoms with E-state index in [4.69, 9.17) is 21.1 Å². The van der Waals surface area contributed by atoms with Crippen molar-refractivity contribution in [2.75, 3.05) is 37.2 Å². The van der Waals surface area contributed by atoms with Gasteiger partial charge in [-0.15, -0.1) is 0 Å². The summed E-state index contributed by atoms with van der Waals surface area (Å²) in [5.74, 6) is 1.25. The summed E-state index contributed by atoms with van der Waals surface area (Å²) in [5.41, 5.74) is 2.62. The summed E-state index contributed by atoms with van der Waals surface area (Å²) in [4.78, 5) is 17.9. The van der Waals surface area contributed by atoms with Crippen LogP contribution >= 0.6 is 11.6 Å². The van der Waals surface area contributed by atoms with Gasteiger partial charge in [-0.25, -0.2) is 13.2 Å². The van der Waals surface area contributed by atoms with Crippen LogP contribution in [0.15, 0.2) is 35.1 Å². The lowest BCUT2D eigenvalue weighted by Crippen LogP contribution is -2.37. The molecule has 2 aromatic carbocycles. The second kappa shape index (κ2) is 9.89. The van der Waals surface area contributed by atoms with Crippen LogP contribution in [0.5, 0.6) is 11.5 Å². The SMILES string of the molecule is CC1(C)Cc2cc(NS(C)(=O)=O)cc(OCCCN3CCC(n4c(=O)[nH]c5ccc(Cl)cc54)CC3)c2O1. The molecule has 37 heavy (non-hydrogen) atoms. The molecular formula is C26H33ClN4O5S. The highest BCUT2D eigenvalue weighted by molar-refractivity contribution is 7.92. The Hall–Kier alpha value is -2.69. The third-order valence-corrected chi connectivity index (χ3v) is 7.75. The number of likely N-dealkylation sites (tertiary alicyclic amines) is 1. The van der Waals surface area contributed by atoms with Gasteiger partial charge in [0.1, 0.15) is 5.60 Å². The van der Waals surface area contributed by atoms with Gasteiger partial charge in [-0.1, -0.05) is 11.6 Å². The highest BCUT2D eigenvalue weighted by atomic mass is 35.5. The zero-order chi connectivity index (χ0) is 26.4. The number of nitrogens with zero attached hydrogens (tertiary/aromatic N) is 2. The Kier molecular flexibility index (Phi) is 6.93. The summed E-state index contributed by atoms with van der Waals surface area (Å²) >= 11 is 6.17. The van der Waals surface area contributed by atoms with Gasteiger partial charge in [0.25, 0.3) is 0 Å². The van der Waals surface area contributed by atoms with Crippen LogP contribution in [0.1, 0.15) is 44.7 Å². The van der Waals surface area contributed by atoms with E-state index in [0.29, 0.717) is 35.2 Å². The zero-order valence-electron chi connectivity index (χ0n) is 21.3. The third-order valence-electron chi connectivity index (χ3n) is 6.91. The molecule has 200 valence electrons. The molecule has 5 rings (SSSR count). The van der Waals surface area contributed by atoms with E-state index in [2.05, 4.69) is 14.6 Å². The molecule has 0 spiro atoms. The van der Waals surface area contributed by atoms with E-state index in [1.165, 1.54) is 0 Å². The molecule has 1 fully saturated rings. The third kappa shape index (κ3) is 5.91. The van der Waals surface area contributed by atoms with Crippen LogP contribution < -0.4 is 19.9 Å². The number of aromatic amines is 1. The maximum absolute atomic E-state index is 12.6. The number of piperidine rings is 1. The Balaban J connectivity index is 1.17. The summed E-state index contributed by atoms with van der Waals surface area (Å²) in [6.07, 6.45) is 4.40. The molecule has 3 heterocycles. The Morgan fingerprint density at radius 3 is 2.70 bits per heavy atom. The van der Waals surface area contributed by atoms with E-state index in [0.717, 1.165) is 61.7 Å². The number of hydrogen-bond acceptors (Lipinski definition) is 6. The molecule has 0 atom stereocenters. The molecule has 0 amide bonds. The number of aromatic nitrogens is 2. The van der Waals surface area contributed by atoms with Gasteiger partial charge >= 0.3 is 5.69 Å². The molecule has 1 saturated heterocycles. The van der Waals surface area contributed by atoms with Crippen LogP contribution in [-0.2, 0) is 16.4 Å². The highest BCUT2D eigenvalue weighted by Crippen LogP contribution is 2.44. The minimum atomic E-state index is -3.40. The van der Waals surface area contributed by atoms with Crippen LogP contribution in [0.3, 0.4) is 0 Å². The molecule has 2 aliphatic heterocycles. The molecule has 0 radical (unpaired) electrons. The molecule has 2 N–H and O–H groups in total. The summed E-state index contributed by atoms with van der Waals surface area (Å²) in [5, 5.41) is 0.620. The smallest absolute Gasteiger partial charge is 0.326 e. The number of nitrogens with one attached hydrogen (secondary N) is 2. The van der Waals surface area contributed by atoms with Gasteiger partial charge in [0.05, 0.1) is 29.6 Å². The second-order valence-electron chi connectivity index (χ2n) is 10.6. The lowest BCUT2D eigenvalue weighted by atomic mass is 10.0. The quantitative estimate of drug-likeness (QED) is 0.409. The van der Waals surface area contributed by atoms with Crippen LogP contribution in [-0.4, -0.2) is 61.0 Å². The number of anilines is 1. The maximum Gasteiger partial charge on any atom is 0.326 e. The lowest BCUT2D eigenvalue weighted by Gasteiger charge is -2.32. The Labute approximate surface area is 221 Å². The molecule has 0 aliphatic carbocycles. The van der Waals surface area contributed by atoms with Crippen molar-refractivity contribution in [2.45, 2.75) is 51.2 Å². The number of halogens is 1. The average molecular weight is 549 g/mol. The first kappa shape index (κ1) is 25.9. The average Bonchev–Trinajstić information content (AvgIpc) is 3.29. The number of benzene rings is 2. The number of ether oxygens (including phenoxy) is 2. The molecule has 2 aliphatic rings. The van der Waals surface area contributed by atoms with Crippen molar-refractivity contribution in [1.82, 2.24) is 14.5 Å². The summed E-state index contributed by atoms with van der Waals surface area (Å²) in [6.45, 7) is 7.15. The number of hydrogen-bond donors (Lipinski definition) is 2. The van der Waals surface area contributed by atoms with Crippen molar-refractivity contribution in [3.05, 3.63) is 51.4 Å². The molecule has 3 aromatic rings. The van der Waals surface area contributed by atoms with Gasteiger partial charge in [0.15, 0.2) is 11.5 Å². The van der Waals surface area contributed by atoms with Crippen molar-refractivity contribution < 1.29 is 17.9 Å². The minimum Gasteiger partial charge on any atom is -0.490 e. The predicted molar refractivity (Wildman–Crippen MR) is 146 cm³/mol. The number of H-pyrrole nitrogens is 1. The topological polar surface area (TPSA) is 106 Å². The standard InChI is InChI=1S/C26H33ClN4O5S/c1-26(2)16-17-13-19(29-37(3,33)34)15-23(24(17)36-26)35-12-4-9-30-10-7-20(8-11-30)31-22-14-18(27)5-6-21(22)28-25(31)32/h5-6,13-15,20,29H,4,7-12,16H2,1-3H3,(H,28,32). The fourth-order valence-corrected chi connectivity index (χ4v) is 6.10. The van der Waals surface area contributed by atoms with Crippen LogP contribution in [0.2, 0.25) is 5.02 Å². The van der Waals surface area contributed by atoms with E-state index in [-0.39, 0.29) is 17.3 Å². The monoisotopic (exact) mass is 548 g/mol. The predicted octanol–water partition coefficient (Wildman–Crippen LogP) is 4.17. The Morgan fingerprint density at radius 1 is 1.22 bits per heavy atom. The normalized spacial score (nSPS) is 18.1. The van der Waals surface area contributed by atoms with Crippen molar-refractivity contribution in [3.63, 3.8) is 0 Å². The fraction of sp³-hybridized carbons (Fsp3) is 0.500. The molecule has 1 aromatic heterocycles. The first-order valence-corrected chi connectivity index (χ1v) is 14.8. The van der Waals surface area contributed by atoms with Crippen molar-refractivity contribution in [2.24, 2.45) is 0 Å². The van der Waals surface area contributed by atoms with E-state index in [9.17, 15) is 13.2 Å². The number of sulfonamides is 1. The van der Waals surface area contributed by atoms with Crippen LogP contribution in [0.25, 0.3) is 11.0 Å². The van der Waals surface area contributed by atoms with Gasteiger partial charge in [0, 0.05) is 48.7 Å². The van der Waals surface area contributed by atoms with Crippen molar-refractivity contribution in [1.29, 1.82) is 0 Å². The molecule has 0 unspecified atom stereocenters. The Bertz CT molecular complexity index is 1470. The molecule has 9 nitrogen and oxygen atoms in total. The van der Waals surface area contributed by atoms with Gasteiger partial charge < -0.3 is 19.4 Å². The zero-order valence-corrected chi connectivity index (χ0v) is 22.9.